The van der Waals surface area contributed by atoms with Crippen LogP contribution in [0, 0.1) is 12.7 Å². The highest BCUT2D eigenvalue weighted by atomic mass is 35.5. The highest BCUT2D eigenvalue weighted by Crippen LogP contribution is 2.60. The van der Waals surface area contributed by atoms with Crippen LogP contribution >= 0.6 is 11.6 Å². The maximum absolute atomic E-state index is 13.4. The number of halogens is 2. The number of rotatable bonds is 6. The van der Waals surface area contributed by atoms with Gasteiger partial charge in [0.25, 0.3) is 11.8 Å². The highest BCUT2D eigenvalue weighted by molar-refractivity contribution is 6.30. The Morgan fingerprint density at radius 2 is 1.90 bits per heavy atom. The van der Waals surface area contributed by atoms with Crippen LogP contribution in [0.3, 0.4) is 0 Å². The van der Waals surface area contributed by atoms with Gasteiger partial charge in [-0.3, -0.25) is 9.59 Å². The van der Waals surface area contributed by atoms with Gasteiger partial charge in [-0.2, -0.15) is 0 Å². The smallest absolute Gasteiger partial charge is 0.271 e. The standard InChI is InChI=1S/C22H20ClFN4O3/c1-13-2-5-18-25-17(8-28(18)7-13)20(30)27-22-10-21(11-22,12-22)26-19(29)9-31-14-3-4-15(23)16(24)6-14/h2-8H,9-12H2,1H3,(H,26,29)(H,27,30). The fourth-order valence-corrected chi connectivity index (χ4v) is 4.74. The molecule has 2 amide bonds. The zero-order valence-electron chi connectivity index (χ0n) is 16.7. The molecule has 3 aliphatic rings. The third-order valence-corrected chi connectivity index (χ3v) is 6.21. The number of nitrogens with zero attached hydrogens (tertiary/aromatic N) is 2. The third kappa shape index (κ3) is 3.61. The summed E-state index contributed by atoms with van der Waals surface area (Å²) in [5.41, 5.74) is 1.57. The Morgan fingerprint density at radius 1 is 1.16 bits per heavy atom. The summed E-state index contributed by atoms with van der Waals surface area (Å²) in [7, 11) is 0. The lowest BCUT2D eigenvalue weighted by molar-refractivity contribution is -0.141. The topological polar surface area (TPSA) is 84.7 Å². The van der Waals surface area contributed by atoms with Gasteiger partial charge >= 0.3 is 0 Å². The Hall–Kier alpha value is -3.13. The normalized spacial score (nSPS) is 23.6. The summed E-state index contributed by atoms with van der Waals surface area (Å²) in [4.78, 5) is 29.2. The molecule has 3 fully saturated rings. The average molecular weight is 443 g/mol. The predicted molar refractivity (Wildman–Crippen MR) is 112 cm³/mol. The monoisotopic (exact) mass is 442 g/mol. The number of benzene rings is 1. The number of ether oxygens (including phenoxy) is 1. The summed E-state index contributed by atoms with van der Waals surface area (Å²) in [6.07, 6.45) is 5.64. The number of nitrogens with one attached hydrogen (secondary N) is 2. The van der Waals surface area contributed by atoms with E-state index >= 15 is 0 Å². The van der Waals surface area contributed by atoms with Crippen LogP contribution in [0.5, 0.6) is 5.75 Å². The van der Waals surface area contributed by atoms with Crippen LogP contribution in [0.2, 0.25) is 5.02 Å². The largest absolute Gasteiger partial charge is 0.484 e. The lowest BCUT2D eigenvalue weighted by Gasteiger charge is -2.70. The van der Waals surface area contributed by atoms with Gasteiger partial charge in [-0.15, -0.1) is 0 Å². The number of pyridine rings is 1. The van der Waals surface area contributed by atoms with E-state index < -0.39 is 5.82 Å². The van der Waals surface area contributed by atoms with Gasteiger partial charge in [0.1, 0.15) is 22.9 Å². The zero-order valence-corrected chi connectivity index (χ0v) is 17.5. The van der Waals surface area contributed by atoms with Crippen LogP contribution in [-0.4, -0.2) is 38.9 Å². The van der Waals surface area contributed by atoms with Crippen molar-refractivity contribution in [1.82, 2.24) is 20.0 Å². The van der Waals surface area contributed by atoms with Gasteiger partial charge in [-0.05, 0) is 49.9 Å². The number of aromatic nitrogens is 2. The van der Waals surface area contributed by atoms with Crippen molar-refractivity contribution in [2.24, 2.45) is 0 Å². The zero-order chi connectivity index (χ0) is 21.8. The van der Waals surface area contributed by atoms with Crippen LogP contribution < -0.4 is 15.4 Å². The molecule has 2 bridgehead atoms. The van der Waals surface area contributed by atoms with E-state index in [4.69, 9.17) is 16.3 Å². The Labute approximate surface area is 182 Å². The molecule has 3 aromatic rings. The lowest BCUT2D eigenvalue weighted by atomic mass is 9.44. The van der Waals surface area contributed by atoms with E-state index in [1.54, 1.807) is 6.20 Å². The molecule has 2 heterocycles. The third-order valence-electron chi connectivity index (χ3n) is 5.91. The fourth-order valence-electron chi connectivity index (χ4n) is 4.62. The van der Waals surface area contributed by atoms with Crippen LogP contribution in [0.4, 0.5) is 4.39 Å². The number of aryl methyl sites for hydroxylation is 1. The Kier molecular flexibility index (Phi) is 4.44. The van der Waals surface area contributed by atoms with Gasteiger partial charge in [-0.1, -0.05) is 17.7 Å². The van der Waals surface area contributed by atoms with Crippen molar-refractivity contribution in [1.29, 1.82) is 0 Å². The number of hydrogen-bond donors (Lipinski definition) is 2. The molecular formula is C22H20ClFN4O3. The summed E-state index contributed by atoms with van der Waals surface area (Å²) in [6.45, 7) is 1.76. The first-order chi connectivity index (χ1) is 14.7. The molecule has 160 valence electrons. The van der Waals surface area contributed by atoms with Gasteiger partial charge < -0.3 is 19.8 Å². The molecule has 0 atom stereocenters. The maximum atomic E-state index is 13.4. The van der Waals surface area contributed by atoms with E-state index in [1.165, 1.54) is 12.1 Å². The predicted octanol–water partition coefficient (Wildman–Crippen LogP) is 3.04. The minimum absolute atomic E-state index is 0.00299. The molecule has 2 aromatic heterocycles. The second-order valence-corrected chi connectivity index (χ2v) is 8.96. The van der Waals surface area contributed by atoms with Crippen molar-refractivity contribution in [3.8, 4) is 5.75 Å². The lowest BCUT2D eigenvalue weighted by Crippen LogP contribution is -2.84. The van der Waals surface area contributed by atoms with Crippen molar-refractivity contribution in [3.05, 3.63) is 64.8 Å². The average Bonchev–Trinajstić information content (AvgIpc) is 3.09. The Morgan fingerprint density at radius 3 is 2.65 bits per heavy atom. The molecule has 7 nitrogen and oxygen atoms in total. The van der Waals surface area contributed by atoms with Crippen LogP contribution in [-0.2, 0) is 4.79 Å². The van der Waals surface area contributed by atoms with Crippen LogP contribution in [0.25, 0.3) is 5.65 Å². The molecule has 1 aromatic carbocycles. The summed E-state index contributed by atoms with van der Waals surface area (Å²) in [6, 6.07) is 7.84. The first-order valence-electron chi connectivity index (χ1n) is 9.92. The number of hydrogen-bond acceptors (Lipinski definition) is 4. The van der Waals surface area contributed by atoms with E-state index in [0.717, 1.165) is 17.3 Å². The van der Waals surface area contributed by atoms with Gasteiger partial charge in [-0.25, -0.2) is 9.37 Å². The Balaban J connectivity index is 1.12. The van der Waals surface area contributed by atoms with E-state index in [1.807, 2.05) is 29.7 Å². The van der Waals surface area contributed by atoms with E-state index in [-0.39, 0.29) is 40.3 Å². The number of carbonyl (C=O) groups excluding carboxylic acids is 2. The first-order valence-corrected chi connectivity index (χ1v) is 10.3. The second kappa shape index (κ2) is 6.95. The molecule has 3 aliphatic carbocycles. The van der Waals surface area contributed by atoms with E-state index in [2.05, 4.69) is 15.6 Å². The fraction of sp³-hybridized carbons (Fsp3) is 0.318. The van der Waals surface area contributed by atoms with Crippen molar-refractivity contribution in [2.75, 3.05) is 6.61 Å². The van der Waals surface area contributed by atoms with Gasteiger partial charge in [0.2, 0.25) is 0 Å². The maximum Gasteiger partial charge on any atom is 0.271 e. The molecule has 9 heteroatoms. The Bertz CT molecular complexity index is 1200. The minimum atomic E-state index is -0.600. The van der Waals surface area contributed by atoms with Crippen molar-refractivity contribution in [2.45, 2.75) is 37.3 Å². The molecule has 31 heavy (non-hydrogen) atoms. The molecule has 3 saturated carbocycles. The minimum Gasteiger partial charge on any atom is -0.484 e. The number of fused-ring (bicyclic) bond motifs is 1. The number of amides is 2. The van der Waals surface area contributed by atoms with E-state index in [9.17, 15) is 14.0 Å². The number of imidazole rings is 1. The van der Waals surface area contributed by atoms with Crippen molar-refractivity contribution in [3.63, 3.8) is 0 Å². The molecule has 0 aliphatic heterocycles. The molecule has 0 spiro atoms. The van der Waals surface area contributed by atoms with Crippen molar-refractivity contribution < 1.29 is 18.7 Å². The SMILES string of the molecule is Cc1ccc2nc(C(=O)NC34CC(NC(=O)COc5ccc(Cl)c(F)c5)(C3)C4)cn2c1. The summed E-state index contributed by atoms with van der Waals surface area (Å²) in [5, 5.41) is 6.03. The molecule has 0 unspecified atom stereocenters. The molecule has 0 radical (unpaired) electrons. The molecule has 0 saturated heterocycles. The molecule has 6 rings (SSSR count). The summed E-state index contributed by atoms with van der Waals surface area (Å²) >= 11 is 5.63. The highest BCUT2D eigenvalue weighted by Gasteiger charge is 2.69. The van der Waals surface area contributed by atoms with E-state index in [0.29, 0.717) is 25.0 Å². The molecule has 2 N–H and O–H groups in total. The molecular weight excluding hydrogens is 423 g/mol. The van der Waals surface area contributed by atoms with Crippen LogP contribution in [0.1, 0.15) is 35.3 Å². The number of carbonyl (C=O) groups is 2. The quantitative estimate of drug-likeness (QED) is 0.614. The van der Waals surface area contributed by atoms with Crippen LogP contribution in [0.15, 0.2) is 42.7 Å². The first kappa shape index (κ1) is 19.8. The van der Waals surface area contributed by atoms with Gasteiger partial charge in [0, 0.05) is 29.5 Å². The summed E-state index contributed by atoms with van der Waals surface area (Å²) < 4.78 is 20.6. The van der Waals surface area contributed by atoms with Gasteiger partial charge in [0.15, 0.2) is 6.61 Å². The van der Waals surface area contributed by atoms with Crippen molar-refractivity contribution >= 4 is 29.1 Å². The van der Waals surface area contributed by atoms with Gasteiger partial charge in [0.05, 0.1) is 5.02 Å². The second-order valence-electron chi connectivity index (χ2n) is 8.56. The summed E-state index contributed by atoms with van der Waals surface area (Å²) in [5.74, 6) is -0.863.